The third kappa shape index (κ3) is 3.44. The zero-order valence-electron chi connectivity index (χ0n) is 15.0. The first-order valence-corrected chi connectivity index (χ1v) is 8.43. The number of hydrogen-bond acceptors (Lipinski definition) is 4. The van der Waals surface area contributed by atoms with Crippen molar-refractivity contribution in [3.8, 4) is 11.6 Å². The second-order valence-electron chi connectivity index (χ2n) is 6.75. The molecule has 0 aliphatic rings. The fourth-order valence-corrected chi connectivity index (χ4v) is 2.84. The number of nitrogens with zero attached hydrogens (tertiary/aromatic N) is 3. The molecule has 0 bridgehead atoms. The van der Waals surface area contributed by atoms with Gasteiger partial charge in [-0.05, 0) is 49.2 Å². The number of carbonyl (C=O) groups is 1. The third-order valence-electron chi connectivity index (χ3n) is 4.07. The lowest BCUT2D eigenvalue weighted by Crippen LogP contribution is -2.03. The van der Waals surface area contributed by atoms with Crippen molar-refractivity contribution in [1.82, 2.24) is 4.57 Å². The summed E-state index contributed by atoms with van der Waals surface area (Å²) in [7, 11) is 0. The first kappa shape index (κ1) is 17.7. The molecule has 2 N–H and O–H groups in total. The summed E-state index contributed by atoms with van der Waals surface area (Å²) in [4.78, 5) is 12.2. The van der Waals surface area contributed by atoms with Gasteiger partial charge in [0.2, 0.25) is 5.88 Å². The number of aromatic nitrogens is 1. The van der Waals surface area contributed by atoms with Gasteiger partial charge in [0, 0.05) is 17.5 Å². The van der Waals surface area contributed by atoms with Gasteiger partial charge in [-0.3, -0.25) is 4.79 Å². The molecule has 3 aromatic rings. The molecule has 0 fully saturated rings. The van der Waals surface area contributed by atoms with Crippen LogP contribution >= 0.6 is 0 Å². The number of hydrogen-bond donors (Lipinski definition) is 2. The predicted octanol–water partition coefficient (Wildman–Crippen LogP) is 4.94. The Labute approximate surface area is 151 Å². The molecule has 26 heavy (non-hydrogen) atoms. The number of aryl methyl sites for hydroxylation is 1. The Morgan fingerprint density at radius 3 is 2.46 bits per heavy atom. The van der Waals surface area contributed by atoms with E-state index in [1.165, 1.54) is 24.3 Å². The molecule has 1 aromatic heterocycles. The SMILES string of the molecule is Cc1ccc2c(c1)c(N=NC(=O)c1ccc(O)cc1)c(O)n2CC(C)C. The lowest BCUT2D eigenvalue weighted by atomic mass is 10.1. The highest BCUT2D eigenvalue weighted by Crippen LogP contribution is 2.39. The van der Waals surface area contributed by atoms with Crippen LogP contribution in [0.2, 0.25) is 0 Å². The quantitative estimate of drug-likeness (QED) is 0.653. The molecule has 0 radical (unpaired) electrons. The third-order valence-corrected chi connectivity index (χ3v) is 4.07. The Hall–Kier alpha value is -3.15. The van der Waals surface area contributed by atoms with Gasteiger partial charge >= 0.3 is 0 Å². The molecule has 1 heterocycles. The molecule has 134 valence electrons. The summed E-state index contributed by atoms with van der Waals surface area (Å²) < 4.78 is 1.79. The highest BCUT2D eigenvalue weighted by molar-refractivity contribution is 5.97. The largest absolute Gasteiger partial charge is 0.508 e. The molecular weight excluding hydrogens is 330 g/mol. The Morgan fingerprint density at radius 2 is 1.81 bits per heavy atom. The molecule has 6 nitrogen and oxygen atoms in total. The molecule has 0 spiro atoms. The number of phenols is 1. The second-order valence-corrected chi connectivity index (χ2v) is 6.75. The van der Waals surface area contributed by atoms with Crippen molar-refractivity contribution < 1.29 is 15.0 Å². The first-order valence-electron chi connectivity index (χ1n) is 8.43. The number of aromatic hydroxyl groups is 2. The van der Waals surface area contributed by atoms with Crippen molar-refractivity contribution in [3.63, 3.8) is 0 Å². The van der Waals surface area contributed by atoms with Gasteiger partial charge in [-0.2, -0.15) is 0 Å². The van der Waals surface area contributed by atoms with Gasteiger partial charge in [0.25, 0.3) is 5.91 Å². The maximum Gasteiger partial charge on any atom is 0.295 e. The highest BCUT2D eigenvalue weighted by atomic mass is 16.3. The van der Waals surface area contributed by atoms with Crippen LogP contribution in [0.4, 0.5) is 5.69 Å². The Balaban J connectivity index is 2.03. The molecule has 3 rings (SSSR count). The maximum absolute atomic E-state index is 12.2. The molecule has 0 saturated carbocycles. The molecule has 0 atom stereocenters. The Bertz CT molecular complexity index is 986. The molecule has 2 aromatic carbocycles. The fraction of sp³-hybridized carbons (Fsp3) is 0.250. The monoisotopic (exact) mass is 351 g/mol. The van der Waals surface area contributed by atoms with E-state index < -0.39 is 5.91 Å². The number of rotatable bonds is 4. The van der Waals surface area contributed by atoms with E-state index in [1.54, 1.807) is 4.57 Å². The van der Waals surface area contributed by atoms with Crippen molar-refractivity contribution in [2.75, 3.05) is 0 Å². The van der Waals surface area contributed by atoms with Crippen molar-refractivity contribution in [2.24, 2.45) is 16.1 Å². The normalized spacial score (nSPS) is 11.7. The summed E-state index contributed by atoms with van der Waals surface area (Å²) in [6.45, 7) is 6.72. The van der Waals surface area contributed by atoms with Gasteiger partial charge in [0.15, 0.2) is 5.69 Å². The number of azo groups is 1. The van der Waals surface area contributed by atoms with Crippen molar-refractivity contribution in [3.05, 3.63) is 53.6 Å². The highest BCUT2D eigenvalue weighted by Gasteiger charge is 2.18. The van der Waals surface area contributed by atoms with Crippen LogP contribution in [-0.2, 0) is 6.54 Å². The summed E-state index contributed by atoms with van der Waals surface area (Å²) in [6.07, 6.45) is 0. The van der Waals surface area contributed by atoms with Crippen LogP contribution in [0.3, 0.4) is 0 Å². The number of carbonyl (C=O) groups excluding carboxylic acids is 1. The minimum Gasteiger partial charge on any atom is -0.508 e. The summed E-state index contributed by atoms with van der Waals surface area (Å²) in [5, 5.41) is 28.5. The summed E-state index contributed by atoms with van der Waals surface area (Å²) in [5.41, 5.74) is 2.48. The molecule has 0 aliphatic carbocycles. The van der Waals surface area contributed by atoms with Gasteiger partial charge in [-0.1, -0.05) is 25.5 Å². The lowest BCUT2D eigenvalue weighted by molar-refractivity contribution is 0.0995. The van der Waals surface area contributed by atoms with Crippen LogP contribution in [0.1, 0.15) is 29.8 Å². The van der Waals surface area contributed by atoms with Gasteiger partial charge in [0.1, 0.15) is 5.75 Å². The summed E-state index contributed by atoms with van der Waals surface area (Å²) in [5.74, 6) is -0.132. The average molecular weight is 351 g/mol. The average Bonchev–Trinajstić information content (AvgIpc) is 2.84. The lowest BCUT2D eigenvalue weighted by Gasteiger charge is -2.09. The van der Waals surface area contributed by atoms with Crippen LogP contribution in [0, 0.1) is 12.8 Å². The second kappa shape index (κ2) is 7.00. The van der Waals surface area contributed by atoms with Gasteiger partial charge in [0.05, 0.1) is 5.52 Å². The fourth-order valence-electron chi connectivity index (χ4n) is 2.84. The molecule has 1 amide bonds. The van der Waals surface area contributed by atoms with Gasteiger partial charge < -0.3 is 14.8 Å². The van der Waals surface area contributed by atoms with E-state index >= 15 is 0 Å². The van der Waals surface area contributed by atoms with Gasteiger partial charge in [-0.25, -0.2) is 0 Å². The van der Waals surface area contributed by atoms with E-state index in [9.17, 15) is 15.0 Å². The zero-order valence-corrected chi connectivity index (χ0v) is 15.0. The summed E-state index contributed by atoms with van der Waals surface area (Å²) in [6, 6.07) is 11.6. The number of fused-ring (bicyclic) bond motifs is 1. The van der Waals surface area contributed by atoms with E-state index in [0.717, 1.165) is 16.5 Å². The minimum absolute atomic E-state index is 0.00144. The number of phenolic OH excluding ortho intramolecular Hbond substituents is 1. The first-order chi connectivity index (χ1) is 12.4. The van der Waals surface area contributed by atoms with Gasteiger partial charge in [-0.15, -0.1) is 10.2 Å². The Morgan fingerprint density at radius 1 is 1.12 bits per heavy atom. The Kier molecular flexibility index (Phi) is 4.75. The van der Waals surface area contributed by atoms with E-state index in [4.69, 9.17) is 0 Å². The minimum atomic E-state index is -0.540. The van der Waals surface area contributed by atoms with E-state index in [0.29, 0.717) is 18.0 Å². The van der Waals surface area contributed by atoms with Crippen LogP contribution in [0.25, 0.3) is 10.9 Å². The van der Waals surface area contributed by atoms with Crippen molar-refractivity contribution in [1.29, 1.82) is 0 Å². The standard InChI is InChI=1S/C20H21N3O3/c1-12(2)11-23-17-9-4-13(3)10-16(17)18(20(23)26)21-22-19(25)14-5-7-15(24)8-6-14/h4-10,12,24,26H,11H2,1-3H3. The molecule has 0 unspecified atom stereocenters. The predicted molar refractivity (Wildman–Crippen MR) is 100 cm³/mol. The summed E-state index contributed by atoms with van der Waals surface area (Å²) >= 11 is 0. The maximum atomic E-state index is 12.2. The van der Waals surface area contributed by atoms with Crippen molar-refractivity contribution >= 4 is 22.5 Å². The van der Waals surface area contributed by atoms with E-state index in [2.05, 4.69) is 24.1 Å². The van der Waals surface area contributed by atoms with Crippen LogP contribution in [0.15, 0.2) is 52.7 Å². The van der Waals surface area contributed by atoms with Crippen LogP contribution in [-0.4, -0.2) is 20.7 Å². The smallest absolute Gasteiger partial charge is 0.295 e. The molecule has 6 heteroatoms. The van der Waals surface area contributed by atoms with E-state index in [1.807, 2.05) is 25.1 Å². The number of amides is 1. The molecule has 0 saturated heterocycles. The molecule has 0 aliphatic heterocycles. The van der Waals surface area contributed by atoms with Crippen LogP contribution < -0.4 is 0 Å². The van der Waals surface area contributed by atoms with Crippen molar-refractivity contribution in [2.45, 2.75) is 27.3 Å². The van der Waals surface area contributed by atoms with E-state index in [-0.39, 0.29) is 17.3 Å². The van der Waals surface area contributed by atoms with Crippen LogP contribution in [0.5, 0.6) is 11.6 Å². The zero-order chi connectivity index (χ0) is 18.8. The topological polar surface area (TPSA) is 87.2 Å². The molecular formula is C20H21N3O3. The number of benzene rings is 2.